The van der Waals surface area contributed by atoms with E-state index in [1.165, 1.54) is 24.3 Å². The second kappa shape index (κ2) is 6.65. The normalized spacial score (nSPS) is 12.7. The van der Waals surface area contributed by atoms with Crippen LogP contribution in [0.5, 0.6) is 5.75 Å². The molecule has 0 spiro atoms. The van der Waals surface area contributed by atoms with E-state index in [1.54, 1.807) is 0 Å². The Morgan fingerprint density at radius 3 is 2.35 bits per heavy atom. The van der Waals surface area contributed by atoms with Gasteiger partial charge >= 0.3 is 16.2 Å². The molecule has 1 amide bonds. The molecule has 1 aromatic rings. The Kier molecular flexibility index (Phi) is 5.44. The van der Waals surface area contributed by atoms with Crippen LogP contribution in [0.3, 0.4) is 0 Å². The fraction of sp³-hybridized carbons (Fsp3) is 0.222. The molecule has 112 valence electrons. The summed E-state index contributed by atoms with van der Waals surface area (Å²) in [5.74, 6) is -1.42. The van der Waals surface area contributed by atoms with Crippen molar-refractivity contribution in [2.75, 3.05) is 5.88 Å². The summed E-state index contributed by atoms with van der Waals surface area (Å²) < 4.78 is 48.5. The SMILES string of the molecule is NCc1ccc(OS(=O)(=O)CN(C(=O)O)S(=O)[O-])cc1. The molecule has 1 unspecified atom stereocenters. The Morgan fingerprint density at radius 1 is 1.40 bits per heavy atom. The fourth-order valence-electron chi connectivity index (χ4n) is 1.16. The van der Waals surface area contributed by atoms with Crippen LogP contribution in [-0.2, 0) is 27.9 Å². The molecular formula is C9H11N2O7S2-. The Bertz CT molecular complexity index is 585. The van der Waals surface area contributed by atoms with E-state index in [-0.39, 0.29) is 16.6 Å². The van der Waals surface area contributed by atoms with Crippen LogP contribution >= 0.6 is 0 Å². The maximum Gasteiger partial charge on any atom is 0.419 e. The van der Waals surface area contributed by atoms with E-state index < -0.39 is 33.4 Å². The van der Waals surface area contributed by atoms with Gasteiger partial charge < -0.3 is 19.6 Å². The van der Waals surface area contributed by atoms with Crippen LogP contribution in [0.25, 0.3) is 0 Å². The number of nitrogens with two attached hydrogens (primary N) is 1. The average molecular weight is 323 g/mol. The molecule has 1 rings (SSSR count). The van der Waals surface area contributed by atoms with Crippen molar-refractivity contribution in [1.29, 1.82) is 0 Å². The van der Waals surface area contributed by atoms with Gasteiger partial charge in [0, 0.05) is 6.54 Å². The molecule has 3 N–H and O–H groups in total. The summed E-state index contributed by atoms with van der Waals surface area (Å²) >= 11 is -3.23. The first kappa shape index (κ1) is 16.4. The minimum Gasteiger partial charge on any atom is -0.755 e. The van der Waals surface area contributed by atoms with E-state index >= 15 is 0 Å². The van der Waals surface area contributed by atoms with E-state index in [9.17, 15) is 22.0 Å². The van der Waals surface area contributed by atoms with Crippen molar-refractivity contribution in [1.82, 2.24) is 4.31 Å². The molecular weight excluding hydrogens is 312 g/mol. The van der Waals surface area contributed by atoms with Crippen molar-refractivity contribution in [3.63, 3.8) is 0 Å². The summed E-state index contributed by atoms with van der Waals surface area (Å²) in [5.41, 5.74) is 6.10. The van der Waals surface area contributed by atoms with Gasteiger partial charge in [-0.15, -0.1) is 0 Å². The Morgan fingerprint density at radius 2 is 1.95 bits per heavy atom. The third-order valence-corrected chi connectivity index (χ3v) is 3.88. The van der Waals surface area contributed by atoms with Gasteiger partial charge in [0.1, 0.15) is 5.75 Å². The molecule has 0 saturated heterocycles. The molecule has 1 aromatic carbocycles. The zero-order chi connectivity index (χ0) is 15.3. The molecule has 0 fully saturated rings. The number of benzene rings is 1. The summed E-state index contributed by atoms with van der Waals surface area (Å²) in [5, 5.41) is 8.54. The van der Waals surface area contributed by atoms with Crippen LogP contribution in [0.1, 0.15) is 5.56 Å². The van der Waals surface area contributed by atoms with Crippen LogP contribution in [0.15, 0.2) is 24.3 Å². The summed E-state index contributed by atoms with van der Waals surface area (Å²) in [6.07, 6.45) is -1.93. The third-order valence-electron chi connectivity index (χ3n) is 2.05. The Labute approximate surface area is 117 Å². The molecule has 0 saturated carbocycles. The number of rotatable bonds is 6. The van der Waals surface area contributed by atoms with Crippen LogP contribution in [0.2, 0.25) is 0 Å². The number of nitrogens with zero attached hydrogens (tertiary/aromatic N) is 1. The summed E-state index contributed by atoms with van der Waals surface area (Å²) in [6.45, 7) is 0.259. The summed E-state index contributed by atoms with van der Waals surface area (Å²) in [6, 6.07) is 5.68. The van der Waals surface area contributed by atoms with Gasteiger partial charge in [0.2, 0.25) is 0 Å². The predicted molar refractivity (Wildman–Crippen MR) is 67.5 cm³/mol. The van der Waals surface area contributed by atoms with E-state index in [1.807, 2.05) is 0 Å². The van der Waals surface area contributed by atoms with E-state index in [4.69, 9.17) is 10.8 Å². The van der Waals surface area contributed by atoms with Gasteiger partial charge in [-0.25, -0.2) is 9.10 Å². The van der Waals surface area contributed by atoms with Crippen molar-refractivity contribution in [3.05, 3.63) is 29.8 Å². The predicted octanol–water partition coefficient (Wildman–Crippen LogP) is -0.414. The number of carbonyl (C=O) groups is 1. The minimum absolute atomic E-state index is 0.0794. The van der Waals surface area contributed by atoms with Gasteiger partial charge in [-0.05, 0) is 17.7 Å². The van der Waals surface area contributed by atoms with Crippen LogP contribution in [-0.4, -0.2) is 38.6 Å². The summed E-state index contributed by atoms with van der Waals surface area (Å²) in [7, 11) is -4.42. The second-order valence-electron chi connectivity index (χ2n) is 3.50. The van der Waals surface area contributed by atoms with Crippen molar-refractivity contribution in [2.24, 2.45) is 5.73 Å². The minimum atomic E-state index is -4.42. The lowest BCUT2D eigenvalue weighted by Gasteiger charge is -2.20. The molecule has 0 heterocycles. The first-order valence-corrected chi connectivity index (χ1v) is 7.67. The van der Waals surface area contributed by atoms with E-state index in [0.29, 0.717) is 0 Å². The zero-order valence-corrected chi connectivity index (χ0v) is 11.6. The van der Waals surface area contributed by atoms with Crippen molar-refractivity contribution < 1.29 is 31.3 Å². The summed E-state index contributed by atoms with van der Waals surface area (Å²) in [4.78, 5) is 10.6. The third kappa shape index (κ3) is 4.77. The standard InChI is InChI=1S/C9H12N2O7S2/c10-5-7-1-3-8(4-2-7)18-20(16,17)6-11(9(12)13)19(14)15/h1-4H,5-6,10H2,(H,12,13)(H,14,15)/p-1. The highest BCUT2D eigenvalue weighted by molar-refractivity contribution is 7.88. The average Bonchev–Trinajstić information content (AvgIpc) is 2.36. The molecule has 0 aliphatic heterocycles. The number of hydrogen-bond acceptors (Lipinski definition) is 7. The molecule has 0 radical (unpaired) electrons. The van der Waals surface area contributed by atoms with Gasteiger partial charge in [-0.3, -0.25) is 4.21 Å². The molecule has 0 aliphatic carbocycles. The topological polar surface area (TPSA) is 150 Å². The molecule has 20 heavy (non-hydrogen) atoms. The highest BCUT2D eigenvalue weighted by Gasteiger charge is 2.23. The van der Waals surface area contributed by atoms with Gasteiger partial charge in [0.15, 0.2) is 5.88 Å². The van der Waals surface area contributed by atoms with Gasteiger partial charge in [0.05, 0.1) is 11.3 Å². The molecule has 1 atom stereocenters. The lowest BCUT2D eigenvalue weighted by atomic mass is 10.2. The highest BCUT2D eigenvalue weighted by atomic mass is 32.2. The lowest BCUT2D eigenvalue weighted by Crippen LogP contribution is -2.37. The molecule has 11 heteroatoms. The number of amides is 1. The molecule has 0 bridgehead atoms. The first-order chi connectivity index (χ1) is 9.25. The van der Waals surface area contributed by atoms with Gasteiger partial charge in [-0.1, -0.05) is 12.1 Å². The second-order valence-corrected chi connectivity index (χ2v) is 5.91. The number of carboxylic acid groups (broad SMARTS) is 1. The van der Waals surface area contributed by atoms with E-state index in [0.717, 1.165) is 5.56 Å². The maximum atomic E-state index is 11.5. The van der Waals surface area contributed by atoms with Crippen LogP contribution < -0.4 is 9.92 Å². The van der Waals surface area contributed by atoms with Gasteiger partial charge in [-0.2, -0.15) is 8.42 Å². The Hall–Kier alpha value is -1.69. The number of hydrogen-bond donors (Lipinski definition) is 2. The Balaban J connectivity index is 2.83. The largest absolute Gasteiger partial charge is 0.755 e. The van der Waals surface area contributed by atoms with Crippen LogP contribution in [0, 0.1) is 0 Å². The fourth-order valence-corrected chi connectivity index (χ4v) is 2.87. The van der Waals surface area contributed by atoms with Crippen molar-refractivity contribution in [3.8, 4) is 5.75 Å². The smallest absolute Gasteiger partial charge is 0.419 e. The van der Waals surface area contributed by atoms with Gasteiger partial charge in [0.25, 0.3) is 0 Å². The highest BCUT2D eigenvalue weighted by Crippen LogP contribution is 2.15. The van der Waals surface area contributed by atoms with Crippen molar-refractivity contribution >= 4 is 27.5 Å². The molecule has 0 aromatic heterocycles. The van der Waals surface area contributed by atoms with Crippen molar-refractivity contribution in [2.45, 2.75) is 6.54 Å². The van der Waals surface area contributed by atoms with E-state index in [2.05, 4.69) is 4.18 Å². The van der Waals surface area contributed by atoms with Crippen LogP contribution in [0.4, 0.5) is 4.79 Å². The zero-order valence-electron chi connectivity index (χ0n) is 9.96. The maximum absolute atomic E-state index is 11.5. The quantitative estimate of drug-likeness (QED) is 0.529. The first-order valence-electron chi connectivity index (χ1n) is 5.06. The molecule has 9 nitrogen and oxygen atoms in total. The monoisotopic (exact) mass is 323 g/mol. The lowest BCUT2D eigenvalue weighted by molar-refractivity contribution is 0.175. The molecule has 0 aliphatic rings.